The first-order valence-electron chi connectivity index (χ1n) is 7.71. The molecule has 6 nitrogen and oxygen atoms in total. The lowest BCUT2D eigenvalue weighted by atomic mass is 10.1. The first-order valence-corrected chi connectivity index (χ1v) is 7.71. The summed E-state index contributed by atoms with van der Waals surface area (Å²) < 4.78 is 12.1. The van der Waals surface area contributed by atoms with Crippen molar-refractivity contribution in [2.45, 2.75) is 34.1 Å². The number of rotatable bonds is 5. The number of hydrogen-bond donors (Lipinski definition) is 0. The first-order chi connectivity index (χ1) is 10.9. The third kappa shape index (κ3) is 2.93. The van der Waals surface area contributed by atoms with Gasteiger partial charge in [0, 0.05) is 23.0 Å². The van der Waals surface area contributed by atoms with E-state index in [0.29, 0.717) is 23.1 Å². The molecule has 0 saturated heterocycles. The summed E-state index contributed by atoms with van der Waals surface area (Å²) in [6.45, 7) is 7.33. The van der Waals surface area contributed by atoms with Crippen molar-refractivity contribution >= 4 is 11.8 Å². The van der Waals surface area contributed by atoms with Gasteiger partial charge in [-0.05, 0) is 39.2 Å². The van der Waals surface area contributed by atoms with Gasteiger partial charge < -0.3 is 9.26 Å². The zero-order chi connectivity index (χ0) is 16.7. The molecule has 0 aromatic carbocycles. The Morgan fingerprint density at radius 1 is 1.35 bits per heavy atom. The fourth-order valence-corrected chi connectivity index (χ4v) is 2.83. The predicted molar refractivity (Wildman–Crippen MR) is 82.6 cm³/mol. The zero-order valence-corrected chi connectivity index (χ0v) is 13.8. The van der Waals surface area contributed by atoms with E-state index in [2.05, 4.69) is 5.16 Å². The van der Waals surface area contributed by atoms with E-state index in [0.717, 1.165) is 17.8 Å². The van der Waals surface area contributed by atoms with Crippen LogP contribution in [0, 0.1) is 32.6 Å². The average molecular weight is 316 g/mol. The molecule has 2 aromatic rings. The molecule has 23 heavy (non-hydrogen) atoms. The quantitative estimate of drug-likeness (QED) is 0.626. The van der Waals surface area contributed by atoms with Gasteiger partial charge in [0.1, 0.15) is 5.76 Å². The minimum absolute atomic E-state index is 0.0339. The minimum Gasteiger partial charge on any atom is -0.457 e. The number of ether oxygens (including phenoxy) is 1. The summed E-state index contributed by atoms with van der Waals surface area (Å²) in [5, 5.41) is 3.99. The van der Waals surface area contributed by atoms with Gasteiger partial charge in [-0.25, -0.2) is 0 Å². The van der Waals surface area contributed by atoms with Crippen molar-refractivity contribution in [3.8, 4) is 5.82 Å². The van der Waals surface area contributed by atoms with Crippen LogP contribution in [0.3, 0.4) is 0 Å². The summed E-state index contributed by atoms with van der Waals surface area (Å²) in [5.74, 6) is 1.21. The Morgan fingerprint density at radius 2 is 2.04 bits per heavy atom. The second-order valence-corrected chi connectivity index (χ2v) is 6.27. The molecule has 1 aliphatic carbocycles. The molecule has 1 saturated carbocycles. The van der Waals surface area contributed by atoms with E-state index in [-0.39, 0.29) is 24.3 Å². The van der Waals surface area contributed by atoms with Crippen molar-refractivity contribution in [1.82, 2.24) is 9.72 Å². The Bertz CT molecular complexity index is 772. The number of carbonyl (C=O) groups is 2. The molecule has 2 aromatic heterocycles. The van der Waals surface area contributed by atoms with Gasteiger partial charge in [-0.3, -0.25) is 14.2 Å². The van der Waals surface area contributed by atoms with Gasteiger partial charge in [-0.1, -0.05) is 12.1 Å². The van der Waals surface area contributed by atoms with Crippen LogP contribution in [0.25, 0.3) is 5.82 Å². The summed E-state index contributed by atoms with van der Waals surface area (Å²) in [6.07, 6.45) is 0.854. The molecule has 6 heteroatoms. The lowest BCUT2D eigenvalue weighted by Crippen LogP contribution is -2.16. The maximum Gasteiger partial charge on any atom is 0.309 e. The van der Waals surface area contributed by atoms with Crippen LogP contribution in [0.2, 0.25) is 0 Å². The van der Waals surface area contributed by atoms with Crippen molar-refractivity contribution in [3.63, 3.8) is 0 Å². The topological polar surface area (TPSA) is 74.3 Å². The van der Waals surface area contributed by atoms with E-state index in [9.17, 15) is 9.59 Å². The molecule has 0 N–H and O–H groups in total. The average Bonchev–Trinajstić information content (AvgIpc) is 2.96. The molecule has 0 aliphatic heterocycles. The van der Waals surface area contributed by atoms with Crippen LogP contribution < -0.4 is 0 Å². The number of ketones is 1. The standard InChI is InChI=1S/C17H20N2O4/c1-9-5-13(9)17(21)22-8-15(20)14-6-10(2)19(12(14)4)16-7-11(3)23-18-16/h6-7,9,13H,5,8H2,1-4H3/t9-,13-/m1/s1. The molecule has 0 amide bonds. The summed E-state index contributed by atoms with van der Waals surface area (Å²) >= 11 is 0. The molecule has 0 radical (unpaired) electrons. The smallest absolute Gasteiger partial charge is 0.309 e. The van der Waals surface area contributed by atoms with Gasteiger partial charge in [0.05, 0.1) is 5.92 Å². The Hall–Kier alpha value is -2.37. The number of aromatic nitrogens is 2. The third-order valence-electron chi connectivity index (χ3n) is 4.33. The number of esters is 1. The third-order valence-corrected chi connectivity index (χ3v) is 4.33. The van der Waals surface area contributed by atoms with Gasteiger partial charge in [0.15, 0.2) is 12.4 Å². The molecular weight excluding hydrogens is 296 g/mol. The van der Waals surface area contributed by atoms with Gasteiger partial charge in [-0.15, -0.1) is 0 Å². The Morgan fingerprint density at radius 3 is 2.61 bits per heavy atom. The normalized spacial score (nSPS) is 19.7. The van der Waals surface area contributed by atoms with E-state index < -0.39 is 0 Å². The highest BCUT2D eigenvalue weighted by atomic mass is 16.5. The molecule has 0 unspecified atom stereocenters. The van der Waals surface area contributed by atoms with Crippen molar-refractivity contribution in [2.75, 3.05) is 6.61 Å². The molecule has 2 heterocycles. The van der Waals surface area contributed by atoms with Crippen molar-refractivity contribution in [1.29, 1.82) is 0 Å². The van der Waals surface area contributed by atoms with Crippen LogP contribution in [0.15, 0.2) is 16.7 Å². The number of aryl methyl sites for hydroxylation is 2. The second kappa shape index (κ2) is 5.68. The van der Waals surface area contributed by atoms with Crippen LogP contribution in [-0.2, 0) is 9.53 Å². The highest BCUT2D eigenvalue weighted by Gasteiger charge is 2.40. The highest BCUT2D eigenvalue weighted by molar-refractivity contribution is 5.99. The van der Waals surface area contributed by atoms with E-state index in [1.54, 1.807) is 6.07 Å². The molecule has 0 spiro atoms. The number of nitrogens with zero attached hydrogens (tertiary/aromatic N) is 2. The Labute approximate surface area is 134 Å². The van der Waals surface area contributed by atoms with Crippen LogP contribution in [-0.4, -0.2) is 28.1 Å². The predicted octanol–water partition coefficient (Wildman–Crippen LogP) is 2.77. The molecule has 0 bridgehead atoms. The van der Waals surface area contributed by atoms with Crippen LogP contribution in [0.5, 0.6) is 0 Å². The number of Topliss-reactive ketones (excluding diaryl/α,β-unsaturated/α-hetero) is 1. The second-order valence-electron chi connectivity index (χ2n) is 6.27. The lowest BCUT2D eigenvalue weighted by Gasteiger charge is -2.06. The summed E-state index contributed by atoms with van der Waals surface area (Å²) in [5.41, 5.74) is 2.18. The maximum absolute atomic E-state index is 12.4. The molecular formula is C17H20N2O4. The SMILES string of the molecule is Cc1cc(-n2c(C)cc(C(=O)COC(=O)[C@@H]3C[C@H]3C)c2C)no1. The molecule has 122 valence electrons. The lowest BCUT2D eigenvalue weighted by molar-refractivity contribution is -0.144. The molecule has 1 fully saturated rings. The number of hydrogen-bond acceptors (Lipinski definition) is 5. The zero-order valence-electron chi connectivity index (χ0n) is 13.8. The summed E-state index contributed by atoms with van der Waals surface area (Å²) in [6, 6.07) is 3.60. The maximum atomic E-state index is 12.4. The van der Waals surface area contributed by atoms with Crippen molar-refractivity contribution in [2.24, 2.45) is 11.8 Å². The van der Waals surface area contributed by atoms with Gasteiger partial charge in [-0.2, -0.15) is 0 Å². The van der Waals surface area contributed by atoms with Crippen molar-refractivity contribution < 1.29 is 18.8 Å². The van der Waals surface area contributed by atoms with Gasteiger partial charge in [0.2, 0.25) is 5.78 Å². The first kappa shape index (κ1) is 15.5. The van der Waals surface area contributed by atoms with Gasteiger partial charge in [0.25, 0.3) is 0 Å². The van der Waals surface area contributed by atoms with Crippen LogP contribution in [0.1, 0.15) is 40.9 Å². The van der Waals surface area contributed by atoms with Crippen LogP contribution >= 0.6 is 0 Å². The van der Waals surface area contributed by atoms with Crippen molar-refractivity contribution in [3.05, 3.63) is 34.8 Å². The number of carbonyl (C=O) groups excluding carboxylic acids is 2. The van der Waals surface area contributed by atoms with Crippen LogP contribution in [0.4, 0.5) is 0 Å². The Kier molecular flexibility index (Phi) is 3.83. The van der Waals surface area contributed by atoms with E-state index in [1.165, 1.54) is 0 Å². The highest BCUT2D eigenvalue weighted by Crippen LogP contribution is 2.38. The van der Waals surface area contributed by atoms with E-state index in [4.69, 9.17) is 9.26 Å². The minimum atomic E-state index is -0.271. The van der Waals surface area contributed by atoms with E-state index >= 15 is 0 Å². The molecule has 2 atom stereocenters. The largest absolute Gasteiger partial charge is 0.457 e. The van der Waals surface area contributed by atoms with Gasteiger partial charge >= 0.3 is 5.97 Å². The summed E-state index contributed by atoms with van der Waals surface area (Å²) in [7, 11) is 0. The monoisotopic (exact) mass is 316 g/mol. The summed E-state index contributed by atoms with van der Waals surface area (Å²) in [4.78, 5) is 24.1. The molecule has 1 aliphatic rings. The molecule has 3 rings (SSSR count). The van der Waals surface area contributed by atoms with E-state index in [1.807, 2.05) is 38.3 Å². The fraction of sp³-hybridized carbons (Fsp3) is 0.471. The Balaban J connectivity index is 1.75. The fourth-order valence-electron chi connectivity index (χ4n) is 2.83.